The van der Waals surface area contributed by atoms with Gasteiger partial charge in [-0.2, -0.15) is 0 Å². The molecule has 78 valence electrons. The fraction of sp³-hybridized carbons (Fsp3) is 0.455. The Morgan fingerprint density at radius 1 is 1.29 bits per heavy atom. The van der Waals surface area contributed by atoms with Crippen LogP contribution in [-0.2, 0) is 0 Å². The van der Waals surface area contributed by atoms with Crippen LogP contribution in [0, 0.1) is 5.82 Å². The number of benzene rings is 1. The lowest BCUT2D eigenvalue weighted by atomic mass is 10.1. The lowest BCUT2D eigenvalue weighted by Crippen LogP contribution is -2.12. The second-order valence-corrected chi connectivity index (χ2v) is 3.64. The van der Waals surface area contributed by atoms with Gasteiger partial charge in [-0.25, -0.2) is 4.39 Å². The summed E-state index contributed by atoms with van der Waals surface area (Å²) >= 11 is 0. The SMILES string of the molecule is CC(C)Oc1cc(F)ccc1[C@@H](C)N. The molecule has 2 nitrogen and oxygen atoms in total. The van der Waals surface area contributed by atoms with Crippen molar-refractivity contribution in [1.82, 2.24) is 0 Å². The average molecular weight is 197 g/mol. The highest BCUT2D eigenvalue weighted by Gasteiger charge is 2.10. The molecular formula is C11H16FNO. The smallest absolute Gasteiger partial charge is 0.127 e. The quantitative estimate of drug-likeness (QED) is 0.808. The number of ether oxygens (including phenoxy) is 1. The predicted octanol–water partition coefficient (Wildman–Crippen LogP) is 2.63. The second kappa shape index (κ2) is 4.42. The summed E-state index contributed by atoms with van der Waals surface area (Å²) in [5, 5.41) is 0. The van der Waals surface area contributed by atoms with Gasteiger partial charge in [0, 0.05) is 17.7 Å². The molecule has 0 amide bonds. The van der Waals surface area contributed by atoms with Crippen LogP contribution in [0.2, 0.25) is 0 Å². The van der Waals surface area contributed by atoms with Crippen LogP contribution >= 0.6 is 0 Å². The van der Waals surface area contributed by atoms with Gasteiger partial charge < -0.3 is 10.5 Å². The van der Waals surface area contributed by atoms with E-state index in [4.69, 9.17) is 10.5 Å². The Kier molecular flexibility index (Phi) is 3.47. The fourth-order valence-electron chi connectivity index (χ4n) is 1.24. The number of halogens is 1. The number of hydrogen-bond acceptors (Lipinski definition) is 2. The van der Waals surface area contributed by atoms with E-state index in [9.17, 15) is 4.39 Å². The van der Waals surface area contributed by atoms with Gasteiger partial charge in [-0.05, 0) is 26.8 Å². The van der Waals surface area contributed by atoms with Gasteiger partial charge in [-0.15, -0.1) is 0 Å². The van der Waals surface area contributed by atoms with Crippen molar-refractivity contribution in [3.05, 3.63) is 29.6 Å². The van der Waals surface area contributed by atoms with E-state index in [1.54, 1.807) is 6.07 Å². The van der Waals surface area contributed by atoms with Gasteiger partial charge in [0.05, 0.1) is 6.10 Å². The molecule has 3 heteroatoms. The molecule has 14 heavy (non-hydrogen) atoms. The number of hydrogen-bond donors (Lipinski definition) is 1. The molecule has 0 fully saturated rings. The van der Waals surface area contributed by atoms with E-state index in [-0.39, 0.29) is 18.0 Å². The molecule has 2 N–H and O–H groups in total. The Morgan fingerprint density at radius 2 is 1.93 bits per heavy atom. The summed E-state index contributed by atoms with van der Waals surface area (Å²) in [6, 6.07) is 4.28. The molecule has 0 aliphatic heterocycles. The Hall–Kier alpha value is -1.09. The molecule has 0 aromatic heterocycles. The van der Waals surface area contributed by atoms with Crippen molar-refractivity contribution < 1.29 is 9.13 Å². The number of rotatable bonds is 3. The van der Waals surface area contributed by atoms with Crippen molar-refractivity contribution in [2.45, 2.75) is 32.9 Å². The topological polar surface area (TPSA) is 35.2 Å². The van der Waals surface area contributed by atoms with Crippen molar-refractivity contribution in [2.24, 2.45) is 5.73 Å². The minimum atomic E-state index is -0.301. The summed E-state index contributed by atoms with van der Waals surface area (Å²) in [4.78, 5) is 0. The van der Waals surface area contributed by atoms with Crippen LogP contribution < -0.4 is 10.5 Å². The third-order valence-electron chi connectivity index (χ3n) is 1.83. The molecule has 1 rings (SSSR count). The van der Waals surface area contributed by atoms with E-state index in [2.05, 4.69) is 0 Å². The highest BCUT2D eigenvalue weighted by molar-refractivity contribution is 5.36. The molecule has 0 unspecified atom stereocenters. The standard InChI is InChI=1S/C11H16FNO/c1-7(2)14-11-6-9(12)4-5-10(11)8(3)13/h4-8H,13H2,1-3H3/t8-/m1/s1. The Balaban J connectivity index is 3.03. The average Bonchev–Trinajstić information content (AvgIpc) is 2.01. The summed E-state index contributed by atoms with van der Waals surface area (Å²) in [6.07, 6.45) is 0.0225. The van der Waals surface area contributed by atoms with Crippen molar-refractivity contribution in [2.75, 3.05) is 0 Å². The van der Waals surface area contributed by atoms with Gasteiger partial charge in [0.15, 0.2) is 0 Å². The van der Waals surface area contributed by atoms with E-state index in [0.717, 1.165) is 5.56 Å². The van der Waals surface area contributed by atoms with Gasteiger partial charge in [-0.1, -0.05) is 6.07 Å². The Morgan fingerprint density at radius 3 is 2.43 bits per heavy atom. The third kappa shape index (κ3) is 2.70. The normalized spacial score (nSPS) is 13.0. The third-order valence-corrected chi connectivity index (χ3v) is 1.83. The van der Waals surface area contributed by atoms with E-state index in [1.165, 1.54) is 12.1 Å². The molecule has 1 aromatic rings. The Labute approximate surface area is 83.9 Å². The first-order chi connectivity index (χ1) is 6.50. The molecule has 1 atom stereocenters. The van der Waals surface area contributed by atoms with Gasteiger partial charge in [0.1, 0.15) is 11.6 Å². The predicted molar refractivity (Wildman–Crippen MR) is 54.8 cm³/mol. The van der Waals surface area contributed by atoms with Crippen molar-refractivity contribution in [3.8, 4) is 5.75 Å². The first kappa shape index (κ1) is 11.0. The van der Waals surface area contributed by atoms with E-state index < -0.39 is 0 Å². The first-order valence-corrected chi connectivity index (χ1v) is 4.72. The lowest BCUT2D eigenvalue weighted by Gasteiger charge is -2.16. The van der Waals surface area contributed by atoms with Gasteiger partial charge in [0.25, 0.3) is 0 Å². The molecule has 0 saturated heterocycles. The molecule has 0 heterocycles. The maximum absolute atomic E-state index is 12.9. The monoisotopic (exact) mass is 197 g/mol. The molecule has 0 radical (unpaired) electrons. The maximum Gasteiger partial charge on any atom is 0.127 e. The lowest BCUT2D eigenvalue weighted by molar-refractivity contribution is 0.238. The van der Waals surface area contributed by atoms with E-state index >= 15 is 0 Å². The number of nitrogens with two attached hydrogens (primary N) is 1. The summed E-state index contributed by atoms with van der Waals surface area (Å²) < 4.78 is 18.4. The highest BCUT2D eigenvalue weighted by Crippen LogP contribution is 2.25. The molecule has 1 aromatic carbocycles. The van der Waals surface area contributed by atoms with Crippen LogP contribution in [0.5, 0.6) is 5.75 Å². The van der Waals surface area contributed by atoms with Crippen LogP contribution in [0.1, 0.15) is 32.4 Å². The van der Waals surface area contributed by atoms with E-state index in [0.29, 0.717) is 5.75 Å². The second-order valence-electron chi connectivity index (χ2n) is 3.64. The van der Waals surface area contributed by atoms with Crippen LogP contribution in [0.3, 0.4) is 0 Å². The van der Waals surface area contributed by atoms with Crippen molar-refractivity contribution in [3.63, 3.8) is 0 Å². The van der Waals surface area contributed by atoms with E-state index in [1.807, 2.05) is 20.8 Å². The minimum absolute atomic E-state index is 0.0225. The van der Waals surface area contributed by atoms with Crippen LogP contribution in [0.4, 0.5) is 4.39 Å². The van der Waals surface area contributed by atoms with Crippen molar-refractivity contribution in [1.29, 1.82) is 0 Å². The maximum atomic E-state index is 12.9. The molecule has 0 spiro atoms. The van der Waals surface area contributed by atoms with Gasteiger partial charge >= 0.3 is 0 Å². The highest BCUT2D eigenvalue weighted by atomic mass is 19.1. The van der Waals surface area contributed by atoms with Crippen LogP contribution in [-0.4, -0.2) is 6.10 Å². The molecular weight excluding hydrogens is 181 g/mol. The Bertz CT molecular complexity index is 310. The van der Waals surface area contributed by atoms with Gasteiger partial charge in [-0.3, -0.25) is 0 Å². The molecule has 0 aliphatic carbocycles. The molecule has 0 aliphatic rings. The summed E-state index contributed by atoms with van der Waals surface area (Å²) in [6.45, 7) is 5.65. The van der Waals surface area contributed by atoms with Crippen LogP contribution in [0.15, 0.2) is 18.2 Å². The summed E-state index contributed by atoms with van der Waals surface area (Å²) in [5.74, 6) is 0.236. The molecule has 0 bridgehead atoms. The molecule has 0 saturated carbocycles. The zero-order valence-electron chi connectivity index (χ0n) is 8.75. The minimum Gasteiger partial charge on any atom is -0.491 e. The van der Waals surface area contributed by atoms with Gasteiger partial charge in [0.2, 0.25) is 0 Å². The zero-order valence-corrected chi connectivity index (χ0v) is 8.75. The van der Waals surface area contributed by atoms with Crippen molar-refractivity contribution >= 4 is 0 Å². The van der Waals surface area contributed by atoms with Crippen LogP contribution in [0.25, 0.3) is 0 Å². The zero-order chi connectivity index (χ0) is 10.7. The fourth-order valence-corrected chi connectivity index (χ4v) is 1.24. The summed E-state index contributed by atoms with van der Waals surface area (Å²) in [5.41, 5.74) is 6.57. The summed E-state index contributed by atoms with van der Waals surface area (Å²) in [7, 11) is 0. The first-order valence-electron chi connectivity index (χ1n) is 4.72. The largest absolute Gasteiger partial charge is 0.491 e.